The number of carbonyl (C=O) groups is 1. The van der Waals surface area contributed by atoms with Crippen molar-refractivity contribution in [1.82, 2.24) is 25.0 Å². The number of aromatic nitrogens is 5. The van der Waals surface area contributed by atoms with Gasteiger partial charge in [0.15, 0.2) is 0 Å². The first-order valence-electron chi connectivity index (χ1n) is 7.49. The van der Waals surface area contributed by atoms with E-state index >= 15 is 0 Å². The van der Waals surface area contributed by atoms with E-state index < -0.39 is 0 Å². The normalized spacial score (nSPS) is 15.6. The predicted octanol–water partition coefficient (Wildman–Crippen LogP) is 2.11. The third kappa shape index (κ3) is 2.68. The van der Waals surface area contributed by atoms with Gasteiger partial charge >= 0.3 is 6.01 Å². The maximum Gasteiger partial charge on any atom is 0.336 e. The molecule has 22 heavy (non-hydrogen) atoms. The molecule has 0 radical (unpaired) electrons. The first-order valence-corrected chi connectivity index (χ1v) is 7.49. The summed E-state index contributed by atoms with van der Waals surface area (Å²) in [7, 11) is 1.47. The molecule has 1 atom stereocenters. The van der Waals surface area contributed by atoms with Crippen LogP contribution in [-0.2, 0) is 0 Å². The molecule has 1 aliphatic rings. The topological polar surface area (TPSA) is 97.7 Å². The van der Waals surface area contributed by atoms with Gasteiger partial charge in [0.25, 0.3) is 5.91 Å². The van der Waals surface area contributed by atoms with E-state index in [2.05, 4.69) is 39.4 Å². The van der Waals surface area contributed by atoms with Crippen molar-refractivity contribution in [3.63, 3.8) is 0 Å². The van der Waals surface area contributed by atoms with Crippen molar-refractivity contribution in [2.24, 2.45) is 0 Å². The van der Waals surface area contributed by atoms with Crippen molar-refractivity contribution < 1.29 is 9.53 Å². The lowest BCUT2D eigenvalue weighted by atomic mass is 10.1. The number of hydrogen-bond acceptors (Lipinski definition) is 5. The van der Waals surface area contributed by atoms with Crippen LogP contribution in [0.3, 0.4) is 0 Å². The lowest BCUT2D eigenvalue weighted by molar-refractivity contribution is 0.102. The Hall–Kier alpha value is -2.38. The largest absolute Gasteiger partial charge is 0.466 e. The first kappa shape index (κ1) is 14.6. The highest BCUT2D eigenvalue weighted by Crippen LogP contribution is 2.42. The van der Waals surface area contributed by atoms with Crippen molar-refractivity contribution in [2.45, 2.75) is 45.1 Å². The van der Waals surface area contributed by atoms with E-state index in [1.54, 1.807) is 6.20 Å². The molecule has 0 spiro atoms. The lowest BCUT2D eigenvalue weighted by Crippen LogP contribution is -2.16. The molecule has 0 aromatic carbocycles. The van der Waals surface area contributed by atoms with Gasteiger partial charge in [-0.05, 0) is 26.2 Å². The highest BCUT2D eigenvalue weighted by Gasteiger charge is 2.33. The second-order valence-corrected chi connectivity index (χ2v) is 5.54. The van der Waals surface area contributed by atoms with E-state index in [9.17, 15) is 4.79 Å². The van der Waals surface area contributed by atoms with Gasteiger partial charge in [-0.25, -0.2) is 5.10 Å². The van der Waals surface area contributed by atoms with E-state index in [1.165, 1.54) is 7.11 Å². The molecule has 1 amide bonds. The van der Waals surface area contributed by atoms with Gasteiger partial charge < -0.3 is 4.74 Å². The van der Waals surface area contributed by atoms with Crippen molar-refractivity contribution in [3.8, 4) is 6.01 Å². The number of aromatic amines is 1. The average molecular weight is 304 g/mol. The summed E-state index contributed by atoms with van der Waals surface area (Å²) in [6.45, 7) is 4.23. The van der Waals surface area contributed by atoms with E-state index in [0.717, 1.165) is 25.0 Å². The molecule has 2 aromatic heterocycles. The van der Waals surface area contributed by atoms with Crippen LogP contribution in [0.25, 0.3) is 0 Å². The molecular formula is C14H20N6O2. The van der Waals surface area contributed by atoms with Gasteiger partial charge in [-0.1, -0.05) is 6.92 Å². The molecular weight excluding hydrogens is 284 g/mol. The summed E-state index contributed by atoms with van der Waals surface area (Å²) in [5.74, 6) is 0.469. The van der Waals surface area contributed by atoms with Crippen LogP contribution in [0.4, 0.5) is 5.95 Å². The number of hydrogen-bond donors (Lipinski definition) is 2. The second kappa shape index (κ2) is 5.78. The van der Waals surface area contributed by atoms with Crippen molar-refractivity contribution in [3.05, 3.63) is 17.5 Å². The van der Waals surface area contributed by atoms with Gasteiger partial charge in [-0.3, -0.25) is 14.8 Å². The summed E-state index contributed by atoms with van der Waals surface area (Å²) in [6, 6.07) is 0.468. The SMILES string of the molecule is CC[C@@H](C)n1ncc(C(=O)Nc2nc(OC)n[nH]2)c1C1CC1. The average Bonchev–Trinajstić information content (AvgIpc) is 3.10. The zero-order chi connectivity index (χ0) is 15.7. The van der Waals surface area contributed by atoms with Crippen molar-refractivity contribution >= 4 is 11.9 Å². The van der Waals surface area contributed by atoms with E-state index in [1.807, 2.05) is 4.68 Å². The molecule has 2 heterocycles. The second-order valence-electron chi connectivity index (χ2n) is 5.54. The number of nitrogens with zero attached hydrogens (tertiary/aromatic N) is 4. The third-order valence-electron chi connectivity index (χ3n) is 3.93. The van der Waals surface area contributed by atoms with Crippen LogP contribution < -0.4 is 10.1 Å². The van der Waals surface area contributed by atoms with Gasteiger partial charge in [0, 0.05) is 12.0 Å². The number of H-pyrrole nitrogens is 1. The molecule has 1 aliphatic carbocycles. The molecule has 2 aromatic rings. The smallest absolute Gasteiger partial charge is 0.336 e. The Kier molecular flexibility index (Phi) is 3.82. The molecule has 0 unspecified atom stereocenters. The predicted molar refractivity (Wildman–Crippen MR) is 80.1 cm³/mol. The number of rotatable bonds is 6. The molecule has 118 valence electrons. The fourth-order valence-corrected chi connectivity index (χ4v) is 2.40. The van der Waals surface area contributed by atoms with Crippen LogP contribution in [0.1, 0.15) is 61.1 Å². The van der Waals surface area contributed by atoms with Gasteiger partial charge in [0.2, 0.25) is 5.95 Å². The fourth-order valence-electron chi connectivity index (χ4n) is 2.40. The first-order chi connectivity index (χ1) is 10.6. The Bertz CT molecular complexity index is 673. The number of anilines is 1. The van der Waals surface area contributed by atoms with Crippen LogP contribution >= 0.6 is 0 Å². The summed E-state index contributed by atoms with van der Waals surface area (Å²) >= 11 is 0. The summed E-state index contributed by atoms with van der Waals surface area (Å²) in [5.41, 5.74) is 1.64. The number of carbonyl (C=O) groups excluding carboxylic acids is 1. The quantitative estimate of drug-likeness (QED) is 0.851. The molecule has 2 N–H and O–H groups in total. The summed E-state index contributed by atoms with van der Waals surface area (Å²) in [4.78, 5) is 16.5. The van der Waals surface area contributed by atoms with Gasteiger partial charge in [0.05, 0.1) is 24.6 Å². The van der Waals surface area contributed by atoms with Gasteiger partial charge in [-0.15, -0.1) is 5.10 Å². The molecule has 8 heteroatoms. The number of ether oxygens (including phenoxy) is 1. The molecule has 8 nitrogen and oxygen atoms in total. The van der Waals surface area contributed by atoms with Crippen molar-refractivity contribution in [1.29, 1.82) is 0 Å². The van der Waals surface area contributed by atoms with Gasteiger partial charge in [-0.2, -0.15) is 10.1 Å². The highest BCUT2D eigenvalue weighted by atomic mass is 16.5. The number of nitrogens with one attached hydrogen (secondary N) is 2. The lowest BCUT2D eigenvalue weighted by Gasteiger charge is -2.14. The van der Waals surface area contributed by atoms with Crippen LogP contribution in [0, 0.1) is 0 Å². The monoisotopic (exact) mass is 304 g/mol. The Balaban J connectivity index is 1.84. The molecule has 3 rings (SSSR count). The minimum Gasteiger partial charge on any atom is -0.466 e. The maximum absolute atomic E-state index is 12.5. The van der Waals surface area contributed by atoms with E-state index in [0.29, 0.717) is 11.5 Å². The molecule has 0 aliphatic heterocycles. The minimum atomic E-state index is -0.227. The summed E-state index contributed by atoms with van der Waals surface area (Å²) in [6.07, 6.45) is 4.83. The van der Waals surface area contributed by atoms with Crippen LogP contribution in [0.15, 0.2) is 6.20 Å². The zero-order valence-electron chi connectivity index (χ0n) is 13.0. The van der Waals surface area contributed by atoms with Crippen LogP contribution in [-0.4, -0.2) is 38.0 Å². The Morgan fingerprint density at radius 2 is 2.36 bits per heavy atom. The third-order valence-corrected chi connectivity index (χ3v) is 3.93. The van der Waals surface area contributed by atoms with Gasteiger partial charge in [0.1, 0.15) is 0 Å². The highest BCUT2D eigenvalue weighted by molar-refractivity contribution is 6.04. The fraction of sp³-hybridized carbons (Fsp3) is 0.571. The van der Waals surface area contributed by atoms with Crippen molar-refractivity contribution in [2.75, 3.05) is 12.4 Å². The standard InChI is InChI=1S/C14H20N6O2/c1-4-8(2)20-11(9-5-6-9)10(7-15-20)12(21)16-13-17-14(22-3)19-18-13/h7-9H,4-6H2,1-3H3,(H2,16,17,18,19,21)/t8-/m1/s1. The Labute approximate surface area is 128 Å². The zero-order valence-corrected chi connectivity index (χ0v) is 13.0. The maximum atomic E-state index is 12.5. The van der Waals surface area contributed by atoms with E-state index in [-0.39, 0.29) is 23.9 Å². The van der Waals surface area contributed by atoms with Crippen LogP contribution in [0.2, 0.25) is 0 Å². The molecule has 0 bridgehead atoms. The Morgan fingerprint density at radius 1 is 1.59 bits per heavy atom. The molecule has 1 fully saturated rings. The molecule has 1 saturated carbocycles. The molecule has 0 saturated heterocycles. The summed E-state index contributed by atoms with van der Waals surface area (Å²) < 4.78 is 6.86. The Morgan fingerprint density at radius 3 is 2.95 bits per heavy atom. The van der Waals surface area contributed by atoms with E-state index in [4.69, 9.17) is 4.74 Å². The number of methoxy groups -OCH3 is 1. The summed E-state index contributed by atoms with van der Waals surface area (Å²) in [5, 5.41) is 13.5. The number of amides is 1. The minimum absolute atomic E-state index is 0.188. The van der Waals surface area contributed by atoms with Crippen LogP contribution in [0.5, 0.6) is 6.01 Å².